The average Bonchev–Trinajstić information content (AvgIpc) is 3.05. The van der Waals surface area contributed by atoms with Gasteiger partial charge in [0.1, 0.15) is 23.1 Å². The van der Waals surface area contributed by atoms with Crippen LogP contribution in [0.15, 0.2) is 27.6 Å². The second-order valence-electron chi connectivity index (χ2n) is 3.79. The molecule has 1 N–H and O–H groups in total. The van der Waals surface area contributed by atoms with Gasteiger partial charge in [-0.25, -0.2) is 4.79 Å². The first-order chi connectivity index (χ1) is 9.19. The molecule has 1 aliphatic heterocycles. The maximum atomic E-state index is 10.8. The van der Waals surface area contributed by atoms with Crippen molar-refractivity contribution in [1.29, 1.82) is 0 Å². The SMILES string of the molecule is COc1cc2c(cc1-c1cc(C(=O)O)on1)OCS2. The van der Waals surface area contributed by atoms with Gasteiger partial charge in [-0.1, -0.05) is 16.9 Å². The lowest BCUT2D eigenvalue weighted by Gasteiger charge is -2.07. The number of benzene rings is 1. The van der Waals surface area contributed by atoms with Gasteiger partial charge in [-0.2, -0.15) is 0 Å². The summed E-state index contributed by atoms with van der Waals surface area (Å²) < 4.78 is 15.5. The number of nitrogens with zero attached hydrogens (tertiary/aromatic N) is 1. The van der Waals surface area contributed by atoms with Crippen molar-refractivity contribution in [1.82, 2.24) is 5.16 Å². The molecule has 98 valence electrons. The third-order valence-electron chi connectivity index (χ3n) is 2.69. The Labute approximate surface area is 112 Å². The van der Waals surface area contributed by atoms with Crippen molar-refractivity contribution < 1.29 is 23.9 Å². The molecular formula is C12H9NO5S. The number of rotatable bonds is 3. The van der Waals surface area contributed by atoms with Crippen LogP contribution in [0.5, 0.6) is 11.5 Å². The number of hydrogen-bond donors (Lipinski definition) is 1. The zero-order valence-corrected chi connectivity index (χ0v) is 10.7. The Hall–Kier alpha value is -2.15. The third-order valence-corrected chi connectivity index (χ3v) is 3.56. The van der Waals surface area contributed by atoms with Crippen LogP contribution >= 0.6 is 11.8 Å². The van der Waals surface area contributed by atoms with E-state index in [4.69, 9.17) is 19.1 Å². The topological polar surface area (TPSA) is 81.8 Å². The molecule has 0 bridgehead atoms. The maximum absolute atomic E-state index is 10.8. The Bertz CT molecular complexity index is 652. The Morgan fingerprint density at radius 3 is 3.00 bits per heavy atom. The monoisotopic (exact) mass is 279 g/mol. The molecule has 0 aliphatic carbocycles. The summed E-state index contributed by atoms with van der Waals surface area (Å²) in [6.45, 7) is 0. The van der Waals surface area contributed by atoms with Crippen molar-refractivity contribution in [2.45, 2.75) is 4.90 Å². The van der Waals surface area contributed by atoms with Gasteiger partial charge >= 0.3 is 5.97 Å². The van der Waals surface area contributed by atoms with Crippen LogP contribution in [0.25, 0.3) is 11.3 Å². The summed E-state index contributed by atoms with van der Waals surface area (Å²) >= 11 is 1.57. The fourth-order valence-electron chi connectivity index (χ4n) is 1.80. The Morgan fingerprint density at radius 1 is 1.47 bits per heavy atom. The predicted octanol–water partition coefficient (Wildman–Crippen LogP) is 2.49. The van der Waals surface area contributed by atoms with E-state index >= 15 is 0 Å². The van der Waals surface area contributed by atoms with Crippen LogP contribution in [0, 0.1) is 0 Å². The van der Waals surface area contributed by atoms with Gasteiger partial charge < -0.3 is 19.1 Å². The van der Waals surface area contributed by atoms with Crippen molar-refractivity contribution in [2.75, 3.05) is 13.0 Å². The first kappa shape index (κ1) is 11.9. The van der Waals surface area contributed by atoms with Crippen LogP contribution in [0.4, 0.5) is 0 Å². The highest BCUT2D eigenvalue weighted by Crippen LogP contribution is 2.43. The minimum Gasteiger partial charge on any atom is -0.496 e. The molecular weight excluding hydrogens is 270 g/mol. The van der Waals surface area contributed by atoms with Gasteiger partial charge in [0.2, 0.25) is 5.76 Å². The van der Waals surface area contributed by atoms with E-state index in [2.05, 4.69) is 5.16 Å². The quantitative estimate of drug-likeness (QED) is 0.924. The second-order valence-corrected chi connectivity index (χ2v) is 4.75. The highest BCUT2D eigenvalue weighted by atomic mass is 32.2. The maximum Gasteiger partial charge on any atom is 0.374 e. The number of thioether (sulfide) groups is 1. The smallest absolute Gasteiger partial charge is 0.374 e. The van der Waals surface area contributed by atoms with E-state index in [0.717, 1.165) is 10.6 Å². The molecule has 7 heteroatoms. The van der Waals surface area contributed by atoms with Gasteiger partial charge in [0, 0.05) is 11.6 Å². The molecule has 1 aliphatic rings. The number of fused-ring (bicyclic) bond motifs is 1. The van der Waals surface area contributed by atoms with Crippen molar-refractivity contribution in [2.24, 2.45) is 0 Å². The largest absolute Gasteiger partial charge is 0.496 e. The van der Waals surface area contributed by atoms with E-state index in [0.29, 0.717) is 22.9 Å². The van der Waals surface area contributed by atoms with E-state index in [1.807, 2.05) is 6.07 Å². The molecule has 0 spiro atoms. The number of aromatic carboxylic acids is 1. The van der Waals surface area contributed by atoms with E-state index < -0.39 is 5.97 Å². The summed E-state index contributed by atoms with van der Waals surface area (Å²) in [6, 6.07) is 4.98. The van der Waals surface area contributed by atoms with Crippen molar-refractivity contribution in [3.05, 3.63) is 24.0 Å². The number of carbonyl (C=O) groups is 1. The van der Waals surface area contributed by atoms with Crippen LogP contribution in [0.1, 0.15) is 10.6 Å². The van der Waals surface area contributed by atoms with Crippen LogP contribution in [-0.4, -0.2) is 29.3 Å². The van der Waals surface area contributed by atoms with Crippen molar-refractivity contribution >= 4 is 17.7 Å². The second kappa shape index (κ2) is 4.51. The van der Waals surface area contributed by atoms with E-state index in [-0.39, 0.29) is 5.76 Å². The lowest BCUT2D eigenvalue weighted by Crippen LogP contribution is -1.92. The number of aromatic nitrogens is 1. The molecule has 19 heavy (non-hydrogen) atoms. The summed E-state index contributed by atoms with van der Waals surface area (Å²) in [7, 11) is 1.55. The van der Waals surface area contributed by atoms with Crippen LogP contribution in [0.3, 0.4) is 0 Å². The van der Waals surface area contributed by atoms with Gasteiger partial charge in [-0.15, -0.1) is 0 Å². The lowest BCUT2D eigenvalue weighted by molar-refractivity contribution is 0.0652. The fourth-order valence-corrected chi connectivity index (χ4v) is 2.56. The molecule has 0 amide bonds. The number of ether oxygens (including phenoxy) is 2. The Morgan fingerprint density at radius 2 is 2.32 bits per heavy atom. The van der Waals surface area contributed by atoms with E-state index in [1.54, 1.807) is 24.9 Å². The molecule has 2 aromatic rings. The van der Waals surface area contributed by atoms with Crippen LogP contribution in [-0.2, 0) is 0 Å². The third kappa shape index (κ3) is 2.01. The molecule has 0 unspecified atom stereocenters. The minimum absolute atomic E-state index is 0.215. The van der Waals surface area contributed by atoms with Gasteiger partial charge in [0.25, 0.3) is 0 Å². The highest BCUT2D eigenvalue weighted by Gasteiger charge is 2.21. The fraction of sp³-hybridized carbons (Fsp3) is 0.167. The average molecular weight is 279 g/mol. The van der Waals surface area contributed by atoms with Gasteiger partial charge in [-0.3, -0.25) is 0 Å². The highest BCUT2D eigenvalue weighted by molar-refractivity contribution is 7.99. The lowest BCUT2D eigenvalue weighted by atomic mass is 10.1. The summed E-state index contributed by atoms with van der Waals surface area (Å²) in [5, 5.41) is 12.6. The first-order valence-electron chi connectivity index (χ1n) is 5.37. The molecule has 1 aromatic carbocycles. The molecule has 3 rings (SSSR count). The van der Waals surface area contributed by atoms with E-state index in [9.17, 15) is 4.79 Å². The summed E-state index contributed by atoms with van der Waals surface area (Å²) in [5.74, 6) is 0.516. The summed E-state index contributed by atoms with van der Waals surface area (Å²) in [5.41, 5.74) is 1.04. The molecule has 0 fully saturated rings. The zero-order valence-electron chi connectivity index (χ0n) is 9.87. The molecule has 0 saturated heterocycles. The van der Waals surface area contributed by atoms with Crippen LogP contribution < -0.4 is 9.47 Å². The van der Waals surface area contributed by atoms with Crippen molar-refractivity contribution in [3.63, 3.8) is 0 Å². The standard InChI is InChI=1S/C12H9NO5S/c1-16-8-4-11-9(17-5-19-11)2-6(8)7-3-10(12(14)15)18-13-7/h2-4H,5H2,1H3,(H,14,15). The number of methoxy groups -OCH3 is 1. The van der Waals surface area contributed by atoms with Crippen molar-refractivity contribution in [3.8, 4) is 22.8 Å². The van der Waals surface area contributed by atoms with E-state index in [1.165, 1.54) is 6.07 Å². The molecule has 1 aromatic heterocycles. The molecule has 0 atom stereocenters. The molecule has 2 heterocycles. The minimum atomic E-state index is -1.16. The number of carboxylic acids is 1. The van der Waals surface area contributed by atoms with Gasteiger partial charge in [-0.05, 0) is 12.1 Å². The number of carboxylic acid groups (broad SMARTS) is 1. The predicted molar refractivity (Wildman–Crippen MR) is 66.8 cm³/mol. The molecule has 6 nitrogen and oxygen atoms in total. The summed E-state index contributed by atoms with van der Waals surface area (Å²) in [6.07, 6.45) is 0. The first-order valence-corrected chi connectivity index (χ1v) is 6.35. The van der Waals surface area contributed by atoms with Gasteiger partial charge in [0.05, 0.1) is 12.0 Å². The Balaban J connectivity index is 2.10. The summed E-state index contributed by atoms with van der Waals surface area (Å²) in [4.78, 5) is 11.8. The molecule has 0 radical (unpaired) electrons. The van der Waals surface area contributed by atoms with Gasteiger partial charge in [0.15, 0.2) is 0 Å². The number of hydrogen-bond acceptors (Lipinski definition) is 6. The molecule has 0 saturated carbocycles. The van der Waals surface area contributed by atoms with Crippen LogP contribution in [0.2, 0.25) is 0 Å². The zero-order chi connectivity index (χ0) is 13.4. The normalized spacial score (nSPS) is 12.9. The Kier molecular flexibility index (Phi) is 2.83.